The van der Waals surface area contributed by atoms with E-state index in [1.807, 2.05) is 19.2 Å². The highest BCUT2D eigenvalue weighted by atomic mass is 16.5. The molecular weight excluding hydrogens is 350 g/mol. The standard InChI is InChI=1S/C22H27N5O/c1-4-19-18(14-23-2)22(26-25-19)27-11-5-6-17-12-15(7-8-20(17)27)16-9-10-24-21(13-16)28-3/h7-10,12-13,23H,4-6,11,14H2,1-3H3,(H,25,26). The van der Waals surface area contributed by atoms with Crippen LogP contribution in [-0.2, 0) is 19.4 Å². The first-order chi connectivity index (χ1) is 13.7. The maximum absolute atomic E-state index is 5.28. The molecular formula is C22H27N5O. The number of aromatic nitrogens is 3. The fourth-order valence-corrected chi connectivity index (χ4v) is 3.97. The topological polar surface area (TPSA) is 66.1 Å². The van der Waals surface area contributed by atoms with E-state index < -0.39 is 0 Å². The van der Waals surface area contributed by atoms with Crippen molar-refractivity contribution in [2.75, 3.05) is 25.6 Å². The Morgan fingerprint density at radius 1 is 1.21 bits per heavy atom. The van der Waals surface area contributed by atoms with E-state index in [1.165, 1.54) is 28.1 Å². The molecule has 0 unspecified atom stereocenters. The number of rotatable bonds is 6. The second kappa shape index (κ2) is 8.02. The minimum atomic E-state index is 0.636. The molecule has 28 heavy (non-hydrogen) atoms. The number of hydrogen-bond acceptors (Lipinski definition) is 5. The number of ether oxygens (including phenoxy) is 1. The van der Waals surface area contributed by atoms with Crippen molar-refractivity contribution in [2.24, 2.45) is 0 Å². The molecule has 0 fully saturated rings. The highest BCUT2D eigenvalue weighted by Gasteiger charge is 2.24. The normalized spacial score (nSPS) is 13.5. The Labute approximate surface area is 165 Å². The van der Waals surface area contributed by atoms with E-state index in [4.69, 9.17) is 4.74 Å². The van der Waals surface area contributed by atoms with Crippen LogP contribution < -0.4 is 15.0 Å². The van der Waals surface area contributed by atoms with E-state index in [-0.39, 0.29) is 0 Å². The third-order valence-electron chi connectivity index (χ3n) is 5.37. The Balaban J connectivity index is 1.72. The van der Waals surface area contributed by atoms with Gasteiger partial charge in [-0.1, -0.05) is 13.0 Å². The lowest BCUT2D eigenvalue weighted by Crippen LogP contribution is -2.26. The molecule has 2 N–H and O–H groups in total. The number of aryl methyl sites for hydroxylation is 2. The SMILES string of the molecule is CCc1[nH]nc(N2CCCc3cc(-c4ccnc(OC)c4)ccc32)c1CNC. The molecule has 1 aliphatic rings. The molecule has 0 saturated carbocycles. The van der Waals surface area contributed by atoms with Crippen LogP contribution in [0.1, 0.15) is 30.2 Å². The third-order valence-corrected chi connectivity index (χ3v) is 5.37. The Kier molecular flexibility index (Phi) is 5.30. The summed E-state index contributed by atoms with van der Waals surface area (Å²) >= 11 is 0. The highest BCUT2D eigenvalue weighted by molar-refractivity contribution is 5.74. The van der Waals surface area contributed by atoms with Crippen LogP contribution in [0.2, 0.25) is 0 Å². The summed E-state index contributed by atoms with van der Waals surface area (Å²) in [5.41, 5.74) is 7.39. The zero-order valence-electron chi connectivity index (χ0n) is 16.7. The molecule has 3 heterocycles. The maximum atomic E-state index is 5.28. The maximum Gasteiger partial charge on any atom is 0.213 e. The van der Waals surface area contributed by atoms with Crippen molar-refractivity contribution in [3.05, 3.63) is 53.3 Å². The van der Waals surface area contributed by atoms with Crippen molar-refractivity contribution < 1.29 is 4.74 Å². The Morgan fingerprint density at radius 3 is 2.86 bits per heavy atom. The molecule has 4 rings (SSSR count). The van der Waals surface area contributed by atoms with Crippen molar-refractivity contribution in [2.45, 2.75) is 32.7 Å². The quantitative estimate of drug-likeness (QED) is 0.683. The van der Waals surface area contributed by atoms with Crippen LogP contribution in [0.4, 0.5) is 11.5 Å². The van der Waals surface area contributed by atoms with Crippen LogP contribution in [-0.4, -0.2) is 35.9 Å². The number of anilines is 2. The van der Waals surface area contributed by atoms with Gasteiger partial charge in [-0.25, -0.2) is 4.98 Å². The van der Waals surface area contributed by atoms with Crippen molar-refractivity contribution in [3.8, 4) is 17.0 Å². The van der Waals surface area contributed by atoms with Crippen molar-refractivity contribution in [1.82, 2.24) is 20.5 Å². The molecule has 146 valence electrons. The lowest BCUT2D eigenvalue weighted by molar-refractivity contribution is 0.398. The average Bonchev–Trinajstić information content (AvgIpc) is 3.15. The molecule has 0 aliphatic carbocycles. The molecule has 0 saturated heterocycles. The smallest absolute Gasteiger partial charge is 0.213 e. The van der Waals surface area contributed by atoms with Gasteiger partial charge in [0.2, 0.25) is 5.88 Å². The zero-order chi connectivity index (χ0) is 19.5. The summed E-state index contributed by atoms with van der Waals surface area (Å²) in [6, 6.07) is 10.7. The molecule has 0 radical (unpaired) electrons. The molecule has 6 heteroatoms. The van der Waals surface area contributed by atoms with Crippen LogP contribution >= 0.6 is 0 Å². The number of benzene rings is 1. The fourth-order valence-electron chi connectivity index (χ4n) is 3.97. The van der Waals surface area contributed by atoms with E-state index >= 15 is 0 Å². The van der Waals surface area contributed by atoms with Crippen LogP contribution in [0.5, 0.6) is 5.88 Å². The molecule has 1 aliphatic heterocycles. The molecule has 2 aromatic heterocycles. The number of H-pyrrole nitrogens is 1. The average molecular weight is 377 g/mol. The van der Waals surface area contributed by atoms with Crippen molar-refractivity contribution in [3.63, 3.8) is 0 Å². The summed E-state index contributed by atoms with van der Waals surface area (Å²) in [5.74, 6) is 1.68. The first-order valence-corrected chi connectivity index (χ1v) is 9.86. The van der Waals surface area contributed by atoms with Gasteiger partial charge in [0, 0.05) is 42.3 Å². The first-order valence-electron chi connectivity index (χ1n) is 9.86. The number of fused-ring (bicyclic) bond motifs is 1. The lowest BCUT2D eigenvalue weighted by Gasteiger charge is -2.31. The van der Waals surface area contributed by atoms with Crippen LogP contribution in [0.25, 0.3) is 11.1 Å². The number of nitrogens with zero attached hydrogens (tertiary/aromatic N) is 3. The van der Waals surface area contributed by atoms with Gasteiger partial charge in [-0.2, -0.15) is 5.10 Å². The van der Waals surface area contributed by atoms with Crippen LogP contribution in [0.15, 0.2) is 36.5 Å². The van der Waals surface area contributed by atoms with Gasteiger partial charge in [-0.3, -0.25) is 5.10 Å². The van der Waals surface area contributed by atoms with Gasteiger partial charge in [-0.05, 0) is 61.2 Å². The Hall–Kier alpha value is -2.86. The number of aromatic amines is 1. The molecule has 0 atom stereocenters. The fraction of sp³-hybridized carbons (Fsp3) is 0.364. The second-order valence-corrected chi connectivity index (χ2v) is 7.07. The van der Waals surface area contributed by atoms with E-state index in [0.29, 0.717) is 5.88 Å². The molecule has 0 spiro atoms. The molecule has 0 amide bonds. The lowest BCUT2D eigenvalue weighted by atomic mass is 9.96. The van der Waals surface area contributed by atoms with Gasteiger partial charge in [0.1, 0.15) is 0 Å². The summed E-state index contributed by atoms with van der Waals surface area (Å²) in [6.07, 6.45) is 4.94. The van der Waals surface area contributed by atoms with Gasteiger partial charge < -0.3 is 15.0 Å². The van der Waals surface area contributed by atoms with Crippen molar-refractivity contribution >= 4 is 11.5 Å². The monoisotopic (exact) mass is 377 g/mol. The van der Waals surface area contributed by atoms with Gasteiger partial charge in [0.15, 0.2) is 5.82 Å². The zero-order valence-corrected chi connectivity index (χ0v) is 16.7. The van der Waals surface area contributed by atoms with Gasteiger partial charge in [0.05, 0.1) is 7.11 Å². The summed E-state index contributed by atoms with van der Waals surface area (Å²) in [5, 5.41) is 11.2. The minimum absolute atomic E-state index is 0.636. The predicted octanol–water partition coefficient (Wildman–Crippen LogP) is 3.85. The summed E-state index contributed by atoms with van der Waals surface area (Å²) < 4.78 is 5.28. The minimum Gasteiger partial charge on any atom is -0.481 e. The van der Waals surface area contributed by atoms with Gasteiger partial charge >= 0.3 is 0 Å². The Morgan fingerprint density at radius 2 is 2.07 bits per heavy atom. The van der Waals surface area contributed by atoms with E-state index in [2.05, 4.69) is 50.5 Å². The van der Waals surface area contributed by atoms with Gasteiger partial charge in [-0.15, -0.1) is 0 Å². The van der Waals surface area contributed by atoms with Gasteiger partial charge in [0.25, 0.3) is 0 Å². The number of nitrogens with one attached hydrogen (secondary N) is 2. The Bertz CT molecular complexity index is 965. The highest BCUT2D eigenvalue weighted by Crippen LogP contribution is 2.37. The predicted molar refractivity (Wildman–Crippen MR) is 112 cm³/mol. The second-order valence-electron chi connectivity index (χ2n) is 7.07. The van der Waals surface area contributed by atoms with E-state index in [1.54, 1.807) is 13.3 Å². The molecule has 3 aromatic rings. The van der Waals surface area contributed by atoms with E-state index in [9.17, 15) is 0 Å². The number of hydrogen-bond donors (Lipinski definition) is 2. The summed E-state index contributed by atoms with van der Waals surface area (Å²) in [4.78, 5) is 6.57. The summed E-state index contributed by atoms with van der Waals surface area (Å²) in [7, 11) is 3.63. The third kappa shape index (κ3) is 3.36. The van der Waals surface area contributed by atoms with E-state index in [0.717, 1.165) is 43.7 Å². The molecule has 0 bridgehead atoms. The molecule has 1 aromatic carbocycles. The van der Waals surface area contributed by atoms with Crippen molar-refractivity contribution in [1.29, 1.82) is 0 Å². The first kappa shape index (κ1) is 18.5. The largest absolute Gasteiger partial charge is 0.481 e. The summed E-state index contributed by atoms with van der Waals surface area (Å²) in [6.45, 7) is 3.96. The van der Waals surface area contributed by atoms with Crippen LogP contribution in [0.3, 0.4) is 0 Å². The number of pyridine rings is 1. The molecule has 6 nitrogen and oxygen atoms in total. The van der Waals surface area contributed by atoms with Crippen LogP contribution in [0, 0.1) is 0 Å². The number of methoxy groups -OCH3 is 1.